The van der Waals surface area contributed by atoms with E-state index in [2.05, 4.69) is 15.6 Å². The highest BCUT2D eigenvalue weighted by molar-refractivity contribution is 5.92. The lowest BCUT2D eigenvalue weighted by atomic mass is 10.1. The smallest absolute Gasteiger partial charge is 0.228 e. The molecular formula is C21H20FN3O2. The molecule has 0 saturated carbocycles. The Labute approximate surface area is 157 Å². The summed E-state index contributed by atoms with van der Waals surface area (Å²) >= 11 is 0. The molecule has 0 bridgehead atoms. The van der Waals surface area contributed by atoms with Gasteiger partial charge in [-0.05, 0) is 47.5 Å². The predicted molar refractivity (Wildman–Crippen MR) is 103 cm³/mol. The number of nitrogens with zero attached hydrogens (tertiary/aromatic N) is 1. The number of amides is 1. The van der Waals surface area contributed by atoms with E-state index in [4.69, 9.17) is 4.74 Å². The van der Waals surface area contributed by atoms with Crippen LogP contribution >= 0.6 is 0 Å². The third kappa shape index (κ3) is 5.54. The number of methoxy groups -OCH3 is 1. The number of pyridine rings is 1. The van der Waals surface area contributed by atoms with Crippen LogP contribution in [0.2, 0.25) is 0 Å². The second-order valence-electron chi connectivity index (χ2n) is 5.99. The zero-order valence-electron chi connectivity index (χ0n) is 14.9. The zero-order valence-corrected chi connectivity index (χ0v) is 14.9. The highest BCUT2D eigenvalue weighted by atomic mass is 19.1. The highest BCUT2D eigenvalue weighted by Crippen LogP contribution is 2.14. The Morgan fingerprint density at radius 3 is 2.56 bits per heavy atom. The predicted octanol–water partition coefficient (Wildman–Crippen LogP) is 4.02. The summed E-state index contributed by atoms with van der Waals surface area (Å²) in [5.41, 5.74) is 2.31. The third-order valence-electron chi connectivity index (χ3n) is 3.93. The summed E-state index contributed by atoms with van der Waals surface area (Å²) in [6.45, 7) is 0.627. The van der Waals surface area contributed by atoms with E-state index in [1.165, 1.54) is 12.1 Å². The van der Waals surface area contributed by atoms with Crippen LogP contribution in [0.3, 0.4) is 0 Å². The second-order valence-corrected chi connectivity index (χ2v) is 5.99. The van der Waals surface area contributed by atoms with E-state index in [-0.39, 0.29) is 18.1 Å². The standard InChI is InChI=1S/C21H20FN3O2/c1-27-19-8-5-15(6-9-19)13-23-20-10-7-18(14-24-20)25-21(26)12-16-3-2-4-17(22)11-16/h2-11,14H,12-13H2,1H3,(H,23,24)(H,25,26). The minimum Gasteiger partial charge on any atom is -0.497 e. The number of carbonyl (C=O) groups excluding carboxylic acids is 1. The van der Waals surface area contributed by atoms with Crippen molar-refractivity contribution in [3.05, 3.63) is 83.8 Å². The summed E-state index contributed by atoms with van der Waals surface area (Å²) in [7, 11) is 1.63. The maximum Gasteiger partial charge on any atom is 0.228 e. The van der Waals surface area contributed by atoms with Crippen molar-refractivity contribution in [1.29, 1.82) is 0 Å². The molecule has 0 saturated heterocycles. The molecule has 3 rings (SSSR count). The van der Waals surface area contributed by atoms with Gasteiger partial charge >= 0.3 is 0 Å². The summed E-state index contributed by atoms with van der Waals surface area (Å²) in [4.78, 5) is 16.3. The minimum absolute atomic E-state index is 0.106. The van der Waals surface area contributed by atoms with Gasteiger partial charge in [0.05, 0.1) is 25.4 Å². The number of anilines is 2. The van der Waals surface area contributed by atoms with Gasteiger partial charge in [0.1, 0.15) is 17.4 Å². The lowest BCUT2D eigenvalue weighted by Gasteiger charge is -2.09. The van der Waals surface area contributed by atoms with E-state index in [1.54, 1.807) is 37.6 Å². The van der Waals surface area contributed by atoms with Gasteiger partial charge in [-0.25, -0.2) is 9.37 Å². The molecule has 27 heavy (non-hydrogen) atoms. The normalized spacial score (nSPS) is 10.3. The van der Waals surface area contributed by atoms with E-state index in [9.17, 15) is 9.18 Å². The third-order valence-corrected chi connectivity index (χ3v) is 3.93. The van der Waals surface area contributed by atoms with Gasteiger partial charge in [-0.15, -0.1) is 0 Å². The van der Waals surface area contributed by atoms with E-state index >= 15 is 0 Å². The van der Waals surface area contributed by atoms with Gasteiger partial charge in [-0.3, -0.25) is 4.79 Å². The number of nitrogens with one attached hydrogen (secondary N) is 2. The van der Waals surface area contributed by atoms with Gasteiger partial charge in [-0.1, -0.05) is 24.3 Å². The van der Waals surface area contributed by atoms with Crippen LogP contribution < -0.4 is 15.4 Å². The fourth-order valence-corrected chi connectivity index (χ4v) is 2.55. The number of ether oxygens (including phenoxy) is 1. The molecule has 0 aliphatic rings. The van der Waals surface area contributed by atoms with Gasteiger partial charge in [-0.2, -0.15) is 0 Å². The molecule has 3 aromatic rings. The number of hydrogen-bond donors (Lipinski definition) is 2. The van der Waals surface area contributed by atoms with Crippen molar-refractivity contribution in [3.63, 3.8) is 0 Å². The molecule has 2 N–H and O–H groups in total. The van der Waals surface area contributed by atoms with Crippen LogP contribution in [0.5, 0.6) is 5.75 Å². The maximum atomic E-state index is 13.2. The minimum atomic E-state index is -0.353. The molecule has 0 radical (unpaired) electrons. The molecule has 138 valence electrons. The SMILES string of the molecule is COc1ccc(CNc2ccc(NC(=O)Cc3cccc(F)c3)cn2)cc1. The Morgan fingerprint density at radius 1 is 1.07 bits per heavy atom. The molecule has 5 nitrogen and oxygen atoms in total. The number of halogens is 1. The van der Waals surface area contributed by atoms with Crippen LogP contribution in [0.15, 0.2) is 66.9 Å². The highest BCUT2D eigenvalue weighted by Gasteiger charge is 2.06. The molecule has 2 aromatic carbocycles. The van der Waals surface area contributed by atoms with Gasteiger partial charge in [0.2, 0.25) is 5.91 Å². The maximum absolute atomic E-state index is 13.2. The Bertz CT molecular complexity index is 896. The molecule has 6 heteroatoms. The molecule has 0 atom stereocenters. The number of hydrogen-bond acceptors (Lipinski definition) is 4. The number of carbonyl (C=O) groups is 1. The fourth-order valence-electron chi connectivity index (χ4n) is 2.55. The van der Waals surface area contributed by atoms with Crippen molar-refractivity contribution in [3.8, 4) is 5.75 Å². The first-order chi connectivity index (χ1) is 13.1. The lowest BCUT2D eigenvalue weighted by molar-refractivity contribution is -0.115. The summed E-state index contributed by atoms with van der Waals surface area (Å²) in [5.74, 6) is 0.944. The molecule has 1 heterocycles. The van der Waals surface area contributed by atoms with Crippen LogP contribution in [-0.2, 0) is 17.8 Å². The van der Waals surface area contributed by atoms with E-state index in [0.29, 0.717) is 23.6 Å². The van der Waals surface area contributed by atoms with E-state index in [0.717, 1.165) is 11.3 Å². The Kier molecular flexibility index (Phi) is 5.99. The molecule has 0 aliphatic carbocycles. The van der Waals surface area contributed by atoms with Crippen molar-refractivity contribution < 1.29 is 13.9 Å². The molecule has 0 unspecified atom stereocenters. The van der Waals surface area contributed by atoms with Gasteiger partial charge in [0.15, 0.2) is 0 Å². The van der Waals surface area contributed by atoms with Crippen LogP contribution in [0.1, 0.15) is 11.1 Å². The Hall–Kier alpha value is -3.41. The van der Waals surface area contributed by atoms with Crippen molar-refractivity contribution >= 4 is 17.4 Å². The molecule has 0 aliphatic heterocycles. The Balaban J connectivity index is 1.51. The summed E-state index contributed by atoms with van der Waals surface area (Å²) in [6, 6.07) is 17.3. The van der Waals surface area contributed by atoms with Crippen LogP contribution in [0.25, 0.3) is 0 Å². The first-order valence-corrected chi connectivity index (χ1v) is 8.49. The van der Waals surface area contributed by atoms with Crippen LogP contribution in [-0.4, -0.2) is 18.0 Å². The van der Waals surface area contributed by atoms with Crippen molar-refractivity contribution in [2.75, 3.05) is 17.7 Å². The largest absolute Gasteiger partial charge is 0.497 e. The van der Waals surface area contributed by atoms with Gasteiger partial charge in [0.25, 0.3) is 0 Å². The summed E-state index contributed by atoms with van der Waals surface area (Å²) < 4.78 is 18.3. The van der Waals surface area contributed by atoms with Gasteiger partial charge in [0, 0.05) is 6.54 Å². The molecular weight excluding hydrogens is 345 g/mol. The van der Waals surface area contributed by atoms with Crippen molar-refractivity contribution in [2.45, 2.75) is 13.0 Å². The first-order valence-electron chi connectivity index (χ1n) is 8.49. The quantitative estimate of drug-likeness (QED) is 0.664. The molecule has 0 spiro atoms. The van der Waals surface area contributed by atoms with Crippen molar-refractivity contribution in [1.82, 2.24) is 4.98 Å². The van der Waals surface area contributed by atoms with Crippen LogP contribution in [0, 0.1) is 5.82 Å². The lowest BCUT2D eigenvalue weighted by Crippen LogP contribution is -2.14. The molecule has 1 amide bonds. The van der Waals surface area contributed by atoms with Crippen molar-refractivity contribution in [2.24, 2.45) is 0 Å². The zero-order chi connectivity index (χ0) is 19.1. The monoisotopic (exact) mass is 365 g/mol. The second kappa shape index (κ2) is 8.80. The number of rotatable bonds is 7. The van der Waals surface area contributed by atoms with E-state index < -0.39 is 0 Å². The fraction of sp³-hybridized carbons (Fsp3) is 0.143. The number of aromatic nitrogens is 1. The summed E-state index contributed by atoms with van der Waals surface area (Å²) in [6.07, 6.45) is 1.69. The van der Waals surface area contributed by atoms with E-state index in [1.807, 2.05) is 24.3 Å². The van der Waals surface area contributed by atoms with Crippen LogP contribution in [0.4, 0.5) is 15.9 Å². The summed E-state index contributed by atoms with van der Waals surface area (Å²) in [5, 5.41) is 5.98. The average molecular weight is 365 g/mol. The number of benzene rings is 2. The molecule has 0 fully saturated rings. The van der Waals surface area contributed by atoms with Gasteiger partial charge < -0.3 is 15.4 Å². The average Bonchev–Trinajstić information content (AvgIpc) is 2.68. The topological polar surface area (TPSA) is 63.2 Å². The Morgan fingerprint density at radius 2 is 1.89 bits per heavy atom. The first kappa shape index (κ1) is 18.4. The molecule has 1 aromatic heterocycles.